The number of aromatic nitrogens is 4. The van der Waals surface area contributed by atoms with E-state index in [2.05, 4.69) is 25.9 Å². The second kappa shape index (κ2) is 5.51. The van der Waals surface area contributed by atoms with E-state index in [1.165, 1.54) is 6.07 Å². The zero-order chi connectivity index (χ0) is 16.7. The number of hydrogen-bond donors (Lipinski definition) is 3. The van der Waals surface area contributed by atoms with E-state index in [9.17, 15) is 8.42 Å². The van der Waals surface area contributed by atoms with Gasteiger partial charge in [-0.05, 0) is 35.2 Å². The van der Waals surface area contributed by atoms with Crippen LogP contribution in [0.1, 0.15) is 10.4 Å². The Labute approximate surface area is 141 Å². The molecule has 0 unspecified atom stereocenters. The average molecular weight is 360 g/mol. The Morgan fingerprint density at radius 3 is 2.88 bits per heavy atom. The van der Waals surface area contributed by atoms with Crippen molar-refractivity contribution >= 4 is 27.4 Å². The molecule has 0 radical (unpaired) electrons. The number of nitrogens with two attached hydrogens (primary N) is 1. The maximum absolute atomic E-state index is 12.0. The minimum Gasteiger partial charge on any atom is -0.387 e. The molecule has 2 aromatic heterocycles. The van der Waals surface area contributed by atoms with Gasteiger partial charge in [-0.15, -0.1) is 21.5 Å². The van der Waals surface area contributed by atoms with Gasteiger partial charge >= 0.3 is 0 Å². The van der Waals surface area contributed by atoms with Gasteiger partial charge in [0, 0.05) is 21.9 Å². The summed E-state index contributed by atoms with van der Waals surface area (Å²) < 4.78 is 24.0. The summed E-state index contributed by atoms with van der Waals surface area (Å²) in [4.78, 5) is 2.02. The normalized spacial score (nSPS) is 13.5. The Morgan fingerprint density at radius 2 is 2.17 bits per heavy atom. The number of hydrogen-bond acceptors (Lipinski definition) is 7. The first-order valence-corrected chi connectivity index (χ1v) is 9.33. The minimum absolute atomic E-state index is 0.0264. The third kappa shape index (κ3) is 2.50. The van der Waals surface area contributed by atoms with E-state index in [1.807, 2.05) is 24.4 Å². The van der Waals surface area contributed by atoms with Crippen LogP contribution in [0.15, 0.2) is 35.4 Å². The van der Waals surface area contributed by atoms with Crippen LogP contribution in [-0.2, 0) is 16.6 Å². The summed E-state index contributed by atoms with van der Waals surface area (Å²) in [5.41, 5.74) is 2.21. The molecule has 0 spiro atoms. The molecule has 0 saturated carbocycles. The molecule has 4 N–H and O–H groups in total. The Balaban J connectivity index is 1.99. The van der Waals surface area contributed by atoms with E-state index in [1.54, 1.807) is 17.4 Å². The Morgan fingerprint density at radius 1 is 1.29 bits per heavy atom. The number of fused-ring (bicyclic) bond motifs is 1. The van der Waals surface area contributed by atoms with Crippen molar-refractivity contribution in [1.82, 2.24) is 25.9 Å². The van der Waals surface area contributed by atoms with Crippen LogP contribution in [0, 0.1) is 0 Å². The zero-order valence-electron chi connectivity index (χ0n) is 12.2. The van der Waals surface area contributed by atoms with Crippen molar-refractivity contribution < 1.29 is 8.42 Å². The van der Waals surface area contributed by atoms with E-state index < -0.39 is 10.0 Å². The summed E-state index contributed by atoms with van der Waals surface area (Å²) in [6.45, 7) is 0.731. The molecule has 8 nitrogen and oxygen atoms in total. The van der Waals surface area contributed by atoms with Gasteiger partial charge in [0.15, 0.2) is 0 Å². The number of primary sulfonamides is 1. The number of rotatable bonds is 3. The number of nitrogens with one attached hydrogen (secondary N) is 2. The topological polar surface area (TPSA) is 127 Å². The lowest BCUT2D eigenvalue weighted by molar-refractivity contribution is 0.598. The lowest BCUT2D eigenvalue weighted by atomic mass is 10.0. The second-order valence-corrected chi connectivity index (χ2v) is 7.79. The van der Waals surface area contributed by atoms with Crippen LogP contribution in [0.3, 0.4) is 0 Å². The highest BCUT2D eigenvalue weighted by Gasteiger charge is 2.23. The number of benzene rings is 1. The molecule has 0 bridgehead atoms. The van der Waals surface area contributed by atoms with Crippen LogP contribution < -0.4 is 10.5 Å². The van der Waals surface area contributed by atoms with Crippen molar-refractivity contribution in [3.63, 3.8) is 0 Å². The predicted octanol–water partition coefficient (Wildman–Crippen LogP) is 1.32. The van der Waals surface area contributed by atoms with Crippen LogP contribution >= 0.6 is 11.3 Å². The largest absolute Gasteiger partial charge is 0.387 e. The smallest absolute Gasteiger partial charge is 0.238 e. The van der Waals surface area contributed by atoms with Gasteiger partial charge in [-0.2, -0.15) is 5.21 Å². The molecular formula is C14H12N6O2S2. The second-order valence-electron chi connectivity index (χ2n) is 5.17. The molecule has 1 aliphatic heterocycles. The number of sulfonamides is 1. The average Bonchev–Trinajstić information content (AvgIpc) is 3.22. The van der Waals surface area contributed by atoms with E-state index in [0.29, 0.717) is 11.1 Å². The monoisotopic (exact) mass is 360 g/mol. The molecule has 0 amide bonds. The van der Waals surface area contributed by atoms with Crippen LogP contribution in [0.2, 0.25) is 0 Å². The minimum atomic E-state index is -3.94. The molecule has 1 aromatic carbocycles. The third-order valence-corrected chi connectivity index (χ3v) is 5.78. The summed E-state index contributed by atoms with van der Waals surface area (Å²) in [5.74, 6) is 0.190. The molecule has 122 valence electrons. The van der Waals surface area contributed by atoms with E-state index in [-0.39, 0.29) is 10.7 Å². The molecule has 0 atom stereocenters. The molecule has 24 heavy (non-hydrogen) atoms. The fourth-order valence-corrected chi connectivity index (χ4v) is 4.50. The van der Waals surface area contributed by atoms with E-state index in [4.69, 9.17) is 5.14 Å². The predicted molar refractivity (Wildman–Crippen MR) is 90.2 cm³/mol. The van der Waals surface area contributed by atoms with Crippen molar-refractivity contribution in [2.45, 2.75) is 11.4 Å². The number of H-pyrrole nitrogens is 1. The summed E-state index contributed by atoms with van der Waals surface area (Å²) >= 11 is 1.57. The lowest BCUT2D eigenvalue weighted by Crippen LogP contribution is -2.14. The number of tetrazole rings is 1. The van der Waals surface area contributed by atoms with Gasteiger partial charge in [-0.25, -0.2) is 13.6 Å². The maximum Gasteiger partial charge on any atom is 0.238 e. The summed E-state index contributed by atoms with van der Waals surface area (Å²) in [6.07, 6.45) is 3.88. The molecule has 0 fully saturated rings. The lowest BCUT2D eigenvalue weighted by Gasteiger charge is -2.09. The fraction of sp³-hybridized carbons (Fsp3) is 0.0714. The maximum atomic E-state index is 12.0. The Hall–Kier alpha value is -2.56. The van der Waals surface area contributed by atoms with Crippen molar-refractivity contribution in [3.8, 4) is 21.8 Å². The SMILES string of the molecule is NS(=O)(=O)c1cccc(-c2cc3c(s2)C=CNC3)c1-c1nn[nH]n1. The number of aromatic amines is 1. The standard InChI is InChI=1S/C14H12N6O2S2/c15-24(21,22)12-3-1-2-9(13(12)14-17-19-20-18-14)11-6-8-7-16-5-4-10(8)23-11/h1-6,16H,7H2,(H2,15,21,22)(H,17,18,19,20). The van der Waals surface area contributed by atoms with E-state index in [0.717, 1.165) is 21.9 Å². The fourth-order valence-electron chi connectivity index (χ4n) is 2.63. The quantitative estimate of drug-likeness (QED) is 0.646. The summed E-state index contributed by atoms with van der Waals surface area (Å²) in [5, 5.41) is 22.3. The first-order chi connectivity index (χ1) is 11.5. The molecule has 3 aromatic rings. The van der Waals surface area contributed by atoms with Crippen molar-refractivity contribution in [2.24, 2.45) is 5.14 Å². The molecule has 0 aliphatic carbocycles. The van der Waals surface area contributed by atoms with Crippen LogP contribution in [0.5, 0.6) is 0 Å². The van der Waals surface area contributed by atoms with Gasteiger partial charge in [0.25, 0.3) is 0 Å². The molecule has 0 saturated heterocycles. The highest BCUT2D eigenvalue weighted by Crippen LogP contribution is 2.40. The van der Waals surface area contributed by atoms with Crippen molar-refractivity contribution in [2.75, 3.05) is 0 Å². The summed E-state index contributed by atoms with van der Waals surface area (Å²) in [7, 11) is -3.94. The van der Waals surface area contributed by atoms with Gasteiger partial charge in [0.2, 0.25) is 15.8 Å². The zero-order valence-corrected chi connectivity index (χ0v) is 13.9. The molecule has 4 rings (SSSR count). The highest BCUT2D eigenvalue weighted by molar-refractivity contribution is 7.89. The number of nitrogens with zero attached hydrogens (tertiary/aromatic N) is 3. The van der Waals surface area contributed by atoms with Gasteiger partial charge < -0.3 is 5.32 Å². The van der Waals surface area contributed by atoms with Crippen LogP contribution in [0.25, 0.3) is 27.9 Å². The molecule has 10 heteroatoms. The first kappa shape index (κ1) is 15.0. The van der Waals surface area contributed by atoms with Crippen molar-refractivity contribution in [3.05, 3.63) is 40.9 Å². The van der Waals surface area contributed by atoms with Crippen LogP contribution in [0.4, 0.5) is 0 Å². The van der Waals surface area contributed by atoms with Gasteiger partial charge in [-0.1, -0.05) is 12.1 Å². The number of thiophene rings is 1. The van der Waals surface area contributed by atoms with Gasteiger partial charge in [0.05, 0.1) is 10.5 Å². The van der Waals surface area contributed by atoms with Crippen LogP contribution in [-0.4, -0.2) is 29.0 Å². The van der Waals surface area contributed by atoms with Crippen molar-refractivity contribution in [1.29, 1.82) is 0 Å². The molecule has 1 aliphatic rings. The third-order valence-electron chi connectivity index (χ3n) is 3.65. The van der Waals surface area contributed by atoms with Gasteiger partial charge in [0.1, 0.15) is 0 Å². The first-order valence-electron chi connectivity index (χ1n) is 6.96. The summed E-state index contributed by atoms with van der Waals surface area (Å²) in [6, 6.07) is 6.96. The van der Waals surface area contributed by atoms with Gasteiger partial charge in [-0.3, -0.25) is 0 Å². The Kier molecular flexibility index (Phi) is 3.44. The molecular weight excluding hydrogens is 348 g/mol. The van der Waals surface area contributed by atoms with E-state index >= 15 is 0 Å². The molecule has 3 heterocycles. The Bertz CT molecular complexity index is 1040. The highest BCUT2D eigenvalue weighted by atomic mass is 32.2.